The molecule has 21 heavy (non-hydrogen) atoms. The van der Waals surface area contributed by atoms with Crippen LogP contribution in [0, 0.1) is 17.1 Å². The minimum atomic E-state index is -3.89. The molecule has 0 bridgehead atoms. The molecule has 1 aliphatic rings. The zero-order valence-corrected chi connectivity index (χ0v) is 12.5. The van der Waals surface area contributed by atoms with Gasteiger partial charge in [0.2, 0.25) is 10.0 Å². The predicted octanol–water partition coefficient (Wildman–Crippen LogP) is 1.99. The fourth-order valence-corrected chi connectivity index (χ4v) is 4.07. The summed E-state index contributed by atoms with van der Waals surface area (Å²) in [5, 5.41) is 7.65. The van der Waals surface area contributed by atoms with Crippen molar-refractivity contribution in [1.82, 2.24) is 4.72 Å². The molecule has 116 valence electrons. The molecule has 4 N–H and O–H groups in total. The highest BCUT2D eigenvalue weighted by Crippen LogP contribution is 2.27. The van der Waals surface area contributed by atoms with Crippen molar-refractivity contribution in [3.8, 4) is 0 Å². The number of hydrogen-bond acceptors (Lipinski definition) is 3. The van der Waals surface area contributed by atoms with Gasteiger partial charge in [0.25, 0.3) is 0 Å². The third kappa shape index (κ3) is 4.01. The number of nitrogens with one attached hydrogen (secondary N) is 2. The average molecular weight is 313 g/mol. The molecule has 0 saturated heterocycles. The van der Waals surface area contributed by atoms with Gasteiger partial charge in [-0.2, -0.15) is 0 Å². The van der Waals surface area contributed by atoms with E-state index in [0.29, 0.717) is 0 Å². The number of rotatable bonds is 5. The molecule has 1 aromatic carbocycles. The van der Waals surface area contributed by atoms with Gasteiger partial charge in [-0.1, -0.05) is 25.3 Å². The third-order valence-corrected chi connectivity index (χ3v) is 5.28. The van der Waals surface area contributed by atoms with Crippen molar-refractivity contribution in [2.24, 2.45) is 11.7 Å². The topological polar surface area (TPSA) is 96.0 Å². The number of benzene rings is 1. The molecule has 0 aliphatic heterocycles. The first-order valence-corrected chi connectivity index (χ1v) is 8.50. The lowest BCUT2D eigenvalue weighted by molar-refractivity contribution is 0.328. The van der Waals surface area contributed by atoms with Crippen LogP contribution < -0.4 is 10.5 Å². The number of amidine groups is 1. The van der Waals surface area contributed by atoms with Crippen LogP contribution in [0.4, 0.5) is 4.39 Å². The van der Waals surface area contributed by atoms with E-state index in [2.05, 4.69) is 4.72 Å². The Labute approximate surface area is 124 Å². The van der Waals surface area contributed by atoms with Crippen molar-refractivity contribution in [2.45, 2.75) is 43.0 Å². The number of nitrogens with two attached hydrogens (primary N) is 1. The highest BCUT2D eigenvalue weighted by atomic mass is 32.2. The van der Waals surface area contributed by atoms with E-state index in [-0.39, 0.29) is 16.6 Å². The first-order chi connectivity index (χ1) is 9.90. The molecule has 5 nitrogen and oxygen atoms in total. The second-order valence-electron chi connectivity index (χ2n) is 5.41. The lowest BCUT2D eigenvalue weighted by Crippen LogP contribution is -2.49. The van der Waals surface area contributed by atoms with E-state index in [1.54, 1.807) is 0 Å². The SMILES string of the molecule is N=C(N)C(NS(=O)(=O)c1cccc(F)c1)C1CCCCC1. The lowest BCUT2D eigenvalue weighted by atomic mass is 9.84. The first-order valence-electron chi connectivity index (χ1n) is 7.02. The monoisotopic (exact) mass is 313 g/mol. The van der Waals surface area contributed by atoms with E-state index in [1.807, 2.05) is 0 Å². The summed E-state index contributed by atoms with van der Waals surface area (Å²) in [7, 11) is -3.89. The second kappa shape index (κ2) is 6.53. The Kier molecular flexibility index (Phi) is 4.95. The van der Waals surface area contributed by atoms with Gasteiger partial charge in [0, 0.05) is 0 Å². The fraction of sp³-hybridized carbons (Fsp3) is 0.500. The highest BCUT2D eigenvalue weighted by molar-refractivity contribution is 7.89. The first kappa shape index (κ1) is 15.9. The molecule has 1 saturated carbocycles. The van der Waals surface area contributed by atoms with Crippen molar-refractivity contribution in [1.29, 1.82) is 5.41 Å². The summed E-state index contributed by atoms with van der Waals surface area (Å²) in [6, 6.07) is 4.08. The molecule has 1 aliphatic carbocycles. The Morgan fingerprint density at radius 2 is 2.00 bits per heavy atom. The smallest absolute Gasteiger partial charge is 0.241 e. The van der Waals surface area contributed by atoms with Gasteiger partial charge >= 0.3 is 0 Å². The van der Waals surface area contributed by atoms with E-state index < -0.39 is 21.9 Å². The standard InChI is InChI=1S/C14H20FN3O2S/c15-11-7-4-8-12(9-11)21(19,20)18-13(14(16)17)10-5-2-1-3-6-10/h4,7-10,13,18H,1-3,5-6H2,(H3,16,17). The second-order valence-corrected chi connectivity index (χ2v) is 7.12. The molecule has 7 heteroatoms. The molecule has 0 spiro atoms. The number of sulfonamides is 1. The molecular formula is C14H20FN3O2S. The van der Waals surface area contributed by atoms with Crippen LogP contribution in [0.25, 0.3) is 0 Å². The lowest BCUT2D eigenvalue weighted by Gasteiger charge is -2.29. The normalized spacial score (nSPS) is 18.3. The molecule has 1 unspecified atom stereocenters. The van der Waals surface area contributed by atoms with Gasteiger partial charge < -0.3 is 5.73 Å². The van der Waals surface area contributed by atoms with E-state index in [1.165, 1.54) is 18.2 Å². The summed E-state index contributed by atoms with van der Waals surface area (Å²) < 4.78 is 40.3. The minimum absolute atomic E-state index is 0.0274. The van der Waals surface area contributed by atoms with Crippen LogP contribution in [0.2, 0.25) is 0 Å². The van der Waals surface area contributed by atoms with Gasteiger partial charge in [-0.05, 0) is 37.0 Å². The Morgan fingerprint density at radius 3 is 2.57 bits per heavy atom. The van der Waals surface area contributed by atoms with Crippen LogP contribution in [-0.4, -0.2) is 20.3 Å². The predicted molar refractivity (Wildman–Crippen MR) is 79.0 cm³/mol. The van der Waals surface area contributed by atoms with Gasteiger partial charge in [0.1, 0.15) is 11.7 Å². The Bertz CT molecular complexity index is 612. The van der Waals surface area contributed by atoms with E-state index in [4.69, 9.17) is 11.1 Å². The van der Waals surface area contributed by atoms with E-state index in [0.717, 1.165) is 38.2 Å². The highest BCUT2D eigenvalue weighted by Gasteiger charge is 2.30. The molecule has 1 fully saturated rings. The van der Waals surface area contributed by atoms with Crippen LogP contribution in [0.5, 0.6) is 0 Å². The van der Waals surface area contributed by atoms with E-state index >= 15 is 0 Å². The van der Waals surface area contributed by atoms with Crippen LogP contribution in [0.3, 0.4) is 0 Å². The Hall–Kier alpha value is -1.47. The fourth-order valence-electron chi connectivity index (χ4n) is 2.75. The summed E-state index contributed by atoms with van der Waals surface area (Å²) in [4.78, 5) is -0.149. The Balaban J connectivity index is 2.21. The molecule has 1 aromatic rings. The van der Waals surface area contributed by atoms with Crippen LogP contribution >= 0.6 is 0 Å². The molecule has 1 atom stereocenters. The summed E-state index contributed by atoms with van der Waals surface area (Å²) in [6.07, 6.45) is 4.83. The molecule has 0 heterocycles. The largest absolute Gasteiger partial charge is 0.386 e. The zero-order valence-electron chi connectivity index (χ0n) is 11.7. The van der Waals surface area contributed by atoms with Gasteiger partial charge in [-0.25, -0.2) is 17.5 Å². The van der Waals surface area contributed by atoms with Crippen molar-refractivity contribution in [2.75, 3.05) is 0 Å². The van der Waals surface area contributed by atoms with Crippen molar-refractivity contribution >= 4 is 15.9 Å². The zero-order chi connectivity index (χ0) is 15.5. The quantitative estimate of drug-likeness (QED) is 0.573. The van der Waals surface area contributed by atoms with Gasteiger partial charge in [-0.15, -0.1) is 0 Å². The summed E-state index contributed by atoms with van der Waals surface area (Å²) in [5.41, 5.74) is 5.56. The summed E-state index contributed by atoms with van der Waals surface area (Å²) >= 11 is 0. The third-order valence-electron chi connectivity index (χ3n) is 3.84. The Morgan fingerprint density at radius 1 is 1.33 bits per heavy atom. The maximum absolute atomic E-state index is 13.2. The molecule has 2 rings (SSSR count). The van der Waals surface area contributed by atoms with Crippen LogP contribution in [-0.2, 0) is 10.0 Å². The average Bonchev–Trinajstić information content (AvgIpc) is 2.45. The van der Waals surface area contributed by atoms with Gasteiger partial charge in [0.05, 0.1) is 10.9 Å². The van der Waals surface area contributed by atoms with E-state index in [9.17, 15) is 12.8 Å². The summed E-state index contributed by atoms with van der Waals surface area (Å²) in [5.74, 6) is -0.781. The molecule has 0 aromatic heterocycles. The summed E-state index contributed by atoms with van der Waals surface area (Å²) in [6.45, 7) is 0. The number of halogens is 1. The maximum atomic E-state index is 13.2. The van der Waals surface area contributed by atoms with Crippen molar-refractivity contribution in [3.63, 3.8) is 0 Å². The minimum Gasteiger partial charge on any atom is -0.386 e. The van der Waals surface area contributed by atoms with Gasteiger partial charge in [0.15, 0.2) is 0 Å². The maximum Gasteiger partial charge on any atom is 0.241 e. The van der Waals surface area contributed by atoms with Crippen molar-refractivity contribution < 1.29 is 12.8 Å². The molecule has 0 radical (unpaired) electrons. The molecular weight excluding hydrogens is 293 g/mol. The van der Waals surface area contributed by atoms with Crippen molar-refractivity contribution in [3.05, 3.63) is 30.1 Å². The van der Waals surface area contributed by atoms with Crippen LogP contribution in [0.15, 0.2) is 29.2 Å². The van der Waals surface area contributed by atoms with Gasteiger partial charge in [-0.3, -0.25) is 5.41 Å². The molecule has 0 amide bonds. The number of hydrogen-bond donors (Lipinski definition) is 3. The van der Waals surface area contributed by atoms with Crippen LogP contribution in [0.1, 0.15) is 32.1 Å².